The van der Waals surface area contributed by atoms with Crippen molar-refractivity contribution < 1.29 is 5.11 Å². The highest BCUT2D eigenvalue weighted by Gasteiger charge is 2.32. The average molecular weight is 255 g/mol. The predicted molar refractivity (Wildman–Crippen MR) is 79.3 cm³/mol. The van der Waals surface area contributed by atoms with Gasteiger partial charge in [-0.2, -0.15) is 0 Å². The van der Waals surface area contributed by atoms with Crippen LogP contribution in [0.25, 0.3) is 10.8 Å². The molecule has 1 atom stereocenters. The maximum Gasteiger partial charge on any atom is 0.0814 e. The molecule has 19 heavy (non-hydrogen) atoms. The van der Waals surface area contributed by atoms with E-state index < -0.39 is 5.60 Å². The molecule has 1 aliphatic heterocycles. The third-order valence-corrected chi connectivity index (χ3v) is 4.15. The molecule has 3 rings (SSSR count). The number of fused-ring (bicyclic) bond motifs is 1. The normalized spacial score (nSPS) is 24.7. The quantitative estimate of drug-likeness (QED) is 0.892. The molecule has 1 unspecified atom stereocenters. The summed E-state index contributed by atoms with van der Waals surface area (Å²) in [5, 5.41) is 13.3. The smallest absolute Gasteiger partial charge is 0.0814 e. The van der Waals surface area contributed by atoms with Crippen LogP contribution < -0.4 is 0 Å². The number of likely N-dealkylation sites (tertiary alicyclic amines) is 1. The Labute approximate surface area is 114 Å². The number of benzene rings is 2. The van der Waals surface area contributed by atoms with E-state index in [9.17, 15) is 5.11 Å². The van der Waals surface area contributed by atoms with Crippen LogP contribution in [-0.4, -0.2) is 35.7 Å². The first-order chi connectivity index (χ1) is 9.16. The average Bonchev–Trinajstić information content (AvgIpc) is 2.38. The lowest BCUT2D eigenvalue weighted by atomic mass is 9.85. The standard InChI is InChI=1S/C17H21NO/c1-18-11-5-10-17(19,13-18)12-15-8-4-7-14-6-2-3-9-16(14)15/h2-4,6-9,19H,5,10-13H2,1H3. The van der Waals surface area contributed by atoms with Crippen molar-refractivity contribution in [2.75, 3.05) is 20.1 Å². The van der Waals surface area contributed by atoms with Crippen LogP contribution in [0.15, 0.2) is 42.5 Å². The van der Waals surface area contributed by atoms with Crippen LogP contribution in [-0.2, 0) is 6.42 Å². The van der Waals surface area contributed by atoms with E-state index in [0.717, 1.165) is 32.4 Å². The van der Waals surface area contributed by atoms with E-state index in [-0.39, 0.29) is 0 Å². The van der Waals surface area contributed by atoms with Gasteiger partial charge in [-0.15, -0.1) is 0 Å². The van der Waals surface area contributed by atoms with Gasteiger partial charge in [0.15, 0.2) is 0 Å². The Morgan fingerprint density at radius 3 is 2.79 bits per heavy atom. The van der Waals surface area contributed by atoms with Gasteiger partial charge >= 0.3 is 0 Å². The van der Waals surface area contributed by atoms with Gasteiger partial charge in [0.05, 0.1) is 5.60 Å². The molecular formula is C17H21NO. The first-order valence-electron chi connectivity index (χ1n) is 7.04. The molecule has 2 aromatic carbocycles. The number of aliphatic hydroxyl groups is 1. The van der Waals surface area contributed by atoms with Crippen LogP contribution in [0, 0.1) is 0 Å². The van der Waals surface area contributed by atoms with Gasteiger partial charge in [-0.05, 0) is 42.8 Å². The fraction of sp³-hybridized carbons (Fsp3) is 0.412. The molecule has 0 aliphatic carbocycles. The van der Waals surface area contributed by atoms with Gasteiger partial charge < -0.3 is 10.0 Å². The summed E-state index contributed by atoms with van der Waals surface area (Å²) in [4.78, 5) is 2.23. The first kappa shape index (κ1) is 12.6. The zero-order chi connectivity index (χ0) is 13.3. The fourth-order valence-corrected chi connectivity index (χ4v) is 3.28. The number of likely N-dealkylation sites (N-methyl/N-ethyl adjacent to an activating group) is 1. The lowest BCUT2D eigenvalue weighted by Gasteiger charge is -2.37. The highest BCUT2D eigenvalue weighted by Crippen LogP contribution is 2.28. The van der Waals surface area contributed by atoms with E-state index in [0.29, 0.717) is 0 Å². The van der Waals surface area contributed by atoms with E-state index in [1.165, 1.54) is 16.3 Å². The number of hydrogen-bond acceptors (Lipinski definition) is 2. The van der Waals surface area contributed by atoms with E-state index >= 15 is 0 Å². The minimum absolute atomic E-state index is 0.572. The van der Waals surface area contributed by atoms with Crippen molar-refractivity contribution in [3.63, 3.8) is 0 Å². The number of hydrogen-bond donors (Lipinski definition) is 1. The number of rotatable bonds is 2. The Morgan fingerprint density at radius 1 is 1.16 bits per heavy atom. The summed E-state index contributed by atoms with van der Waals surface area (Å²) in [6.07, 6.45) is 2.73. The highest BCUT2D eigenvalue weighted by atomic mass is 16.3. The fourth-order valence-electron chi connectivity index (χ4n) is 3.28. The molecule has 2 aromatic rings. The lowest BCUT2D eigenvalue weighted by Crippen LogP contribution is -2.47. The van der Waals surface area contributed by atoms with Crippen LogP contribution in [0.3, 0.4) is 0 Å². The van der Waals surface area contributed by atoms with Crippen molar-refractivity contribution >= 4 is 10.8 Å². The molecule has 0 aromatic heterocycles. The van der Waals surface area contributed by atoms with E-state index in [2.05, 4.69) is 54.4 Å². The number of β-amino-alcohol motifs (C(OH)–C–C–N with tert-alkyl or cyclic N) is 1. The van der Waals surface area contributed by atoms with Crippen LogP contribution in [0.1, 0.15) is 18.4 Å². The minimum Gasteiger partial charge on any atom is -0.388 e. The molecule has 2 heteroatoms. The van der Waals surface area contributed by atoms with Crippen molar-refractivity contribution in [2.24, 2.45) is 0 Å². The van der Waals surface area contributed by atoms with Crippen molar-refractivity contribution in [3.05, 3.63) is 48.0 Å². The summed E-state index contributed by atoms with van der Waals surface area (Å²) in [6, 6.07) is 14.8. The first-order valence-corrected chi connectivity index (χ1v) is 7.04. The SMILES string of the molecule is CN1CCCC(O)(Cc2cccc3ccccc23)C1. The summed E-state index contributed by atoms with van der Waals surface area (Å²) in [7, 11) is 2.09. The summed E-state index contributed by atoms with van der Waals surface area (Å²) >= 11 is 0. The molecule has 0 radical (unpaired) electrons. The molecule has 1 fully saturated rings. The van der Waals surface area contributed by atoms with Crippen LogP contribution >= 0.6 is 0 Å². The Morgan fingerprint density at radius 2 is 1.95 bits per heavy atom. The Kier molecular flexibility index (Phi) is 3.29. The molecule has 0 spiro atoms. The maximum atomic E-state index is 10.8. The molecule has 0 bridgehead atoms. The largest absolute Gasteiger partial charge is 0.388 e. The molecule has 0 saturated carbocycles. The van der Waals surface area contributed by atoms with Crippen LogP contribution in [0.5, 0.6) is 0 Å². The van der Waals surface area contributed by atoms with E-state index in [1.807, 2.05) is 0 Å². The molecule has 2 nitrogen and oxygen atoms in total. The minimum atomic E-state index is -0.572. The maximum absolute atomic E-state index is 10.8. The number of nitrogens with zero attached hydrogens (tertiary/aromatic N) is 1. The van der Waals surface area contributed by atoms with Gasteiger partial charge in [0.2, 0.25) is 0 Å². The molecule has 1 saturated heterocycles. The molecule has 100 valence electrons. The van der Waals surface area contributed by atoms with Gasteiger partial charge in [0, 0.05) is 13.0 Å². The third-order valence-electron chi connectivity index (χ3n) is 4.15. The van der Waals surface area contributed by atoms with Gasteiger partial charge in [0.25, 0.3) is 0 Å². The van der Waals surface area contributed by atoms with E-state index in [4.69, 9.17) is 0 Å². The van der Waals surface area contributed by atoms with E-state index in [1.54, 1.807) is 0 Å². The zero-order valence-electron chi connectivity index (χ0n) is 11.5. The Balaban J connectivity index is 1.92. The van der Waals surface area contributed by atoms with Gasteiger partial charge in [0.1, 0.15) is 0 Å². The molecule has 0 amide bonds. The van der Waals surface area contributed by atoms with Gasteiger partial charge in [-0.1, -0.05) is 42.5 Å². The number of piperidine rings is 1. The molecule has 1 N–H and O–H groups in total. The van der Waals surface area contributed by atoms with Crippen LogP contribution in [0.2, 0.25) is 0 Å². The Hall–Kier alpha value is -1.38. The van der Waals surface area contributed by atoms with Crippen molar-refractivity contribution in [1.82, 2.24) is 4.90 Å². The van der Waals surface area contributed by atoms with Gasteiger partial charge in [-0.3, -0.25) is 0 Å². The highest BCUT2D eigenvalue weighted by molar-refractivity contribution is 5.85. The van der Waals surface area contributed by atoms with Crippen molar-refractivity contribution in [1.29, 1.82) is 0 Å². The molecule has 1 aliphatic rings. The summed E-state index contributed by atoms with van der Waals surface area (Å²) in [5.74, 6) is 0. The predicted octanol–water partition coefficient (Wildman–Crippen LogP) is 2.84. The Bertz CT molecular complexity index is 575. The van der Waals surface area contributed by atoms with Crippen molar-refractivity contribution in [3.8, 4) is 0 Å². The topological polar surface area (TPSA) is 23.5 Å². The van der Waals surface area contributed by atoms with Gasteiger partial charge in [-0.25, -0.2) is 0 Å². The summed E-state index contributed by atoms with van der Waals surface area (Å²) in [6.45, 7) is 1.87. The monoisotopic (exact) mass is 255 g/mol. The zero-order valence-corrected chi connectivity index (χ0v) is 11.5. The second-order valence-electron chi connectivity index (χ2n) is 5.88. The second kappa shape index (κ2) is 4.95. The summed E-state index contributed by atoms with van der Waals surface area (Å²) < 4.78 is 0. The van der Waals surface area contributed by atoms with Crippen molar-refractivity contribution in [2.45, 2.75) is 24.9 Å². The molecule has 1 heterocycles. The molecular weight excluding hydrogens is 234 g/mol. The second-order valence-corrected chi connectivity index (χ2v) is 5.88. The lowest BCUT2D eigenvalue weighted by molar-refractivity contribution is -0.0221. The third kappa shape index (κ3) is 2.65. The summed E-state index contributed by atoms with van der Waals surface area (Å²) in [5.41, 5.74) is 0.688. The van der Waals surface area contributed by atoms with Crippen LogP contribution in [0.4, 0.5) is 0 Å².